The first-order valence-corrected chi connectivity index (χ1v) is 6.32. The van der Waals surface area contributed by atoms with Crippen LogP contribution in [0.3, 0.4) is 0 Å². The van der Waals surface area contributed by atoms with Crippen molar-refractivity contribution >= 4 is 5.97 Å². The highest BCUT2D eigenvalue weighted by Crippen LogP contribution is 2.25. The van der Waals surface area contributed by atoms with Crippen LogP contribution in [0.2, 0.25) is 0 Å². The van der Waals surface area contributed by atoms with E-state index in [9.17, 15) is 4.79 Å². The van der Waals surface area contributed by atoms with E-state index in [0.29, 0.717) is 6.42 Å². The zero-order valence-corrected chi connectivity index (χ0v) is 11.4. The van der Waals surface area contributed by atoms with E-state index in [1.807, 2.05) is 6.92 Å². The number of H-pyrrole nitrogens is 1. The first-order valence-electron chi connectivity index (χ1n) is 6.32. The number of carbonyl (C=O) groups is 1. The standard InChI is InChI=1S/C15H18N2O2/c1-9-4-5-12(10(2)8-9)15-11(3)16-13(17-15)6-7-14(18)19/h4-5,8H,6-7H2,1-3H3,(H,16,17)(H,18,19). The Morgan fingerprint density at radius 1 is 1.32 bits per heavy atom. The quantitative estimate of drug-likeness (QED) is 0.885. The second-order valence-electron chi connectivity index (χ2n) is 4.87. The summed E-state index contributed by atoms with van der Waals surface area (Å²) in [6.45, 7) is 6.09. The Bertz CT molecular complexity index is 615. The molecule has 2 rings (SSSR count). The van der Waals surface area contributed by atoms with Crippen LogP contribution in [0.15, 0.2) is 18.2 Å². The summed E-state index contributed by atoms with van der Waals surface area (Å²) in [7, 11) is 0. The van der Waals surface area contributed by atoms with Gasteiger partial charge in [-0.1, -0.05) is 23.8 Å². The Hall–Kier alpha value is -2.10. The first kappa shape index (κ1) is 13.3. The number of nitrogens with one attached hydrogen (secondary N) is 1. The number of benzene rings is 1. The second-order valence-corrected chi connectivity index (χ2v) is 4.87. The molecule has 0 spiro atoms. The molecule has 0 atom stereocenters. The number of carboxylic acids is 1. The average Bonchev–Trinajstić information content (AvgIpc) is 2.68. The molecule has 1 heterocycles. The van der Waals surface area contributed by atoms with E-state index < -0.39 is 5.97 Å². The normalized spacial score (nSPS) is 10.7. The Balaban J connectivity index is 2.32. The van der Waals surface area contributed by atoms with Gasteiger partial charge in [0.2, 0.25) is 0 Å². The third kappa shape index (κ3) is 3.02. The predicted molar refractivity (Wildman–Crippen MR) is 74.2 cm³/mol. The third-order valence-electron chi connectivity index (χ3n) is 3.15. The smallest absolute Gasteiger partial charge is 0.303 e. The summed E-state index contributed by atoms with van der Waals surface area (Å²) in [4.78, 5) is 18.3. The lowest BCUT2D eigenvalue weighted by atomic mass is 10.0. The van der Waals surface area contributed by atoms with Gasteiger partial charge in [-0.2, -0.15) is 0 Å². The first-order chi connectivity index (χ1) is 8.97. The summed E-state index contributed by atoms with van der Waals surface area (Å²) in [5.41, 5.74) is 5.39. The monoisotopic (exact) mass is 258 g/mol. The summed E-state index contributed by atoms with van der Waals surface area (Å²) < 4.78 is 0. The molecule has 2 N–H and O–H groups in total. The summed E-state index contributed by atoms with van der Waals surface area (Å²) in [5.74, 6) is -0.0722. The molecule has 0 aliphatic rings. The molecule has 0 saturated carbocycles. The molecule has 2 aromatic rings. The van der Waals surface area contributed by atoms with Gasteiger partial charge in [0.15, 0.2) is 0 Å². The Labute approximate surface area is 112 Å². The van der Waals surface area contributed by atoms with Gasteiger partial charge in [0.25, 0.3) is 0 Å². The number of hydrogen-bond acceptors (Lipinski definition) is 2. The SMILES string of the molecule is Cc1ccc(-c2nc(CCC(=O)O)[nH]c2C)c(C)c1. The van der Waals surface area contributed by atoms with E-state index in [2.05, 4.69) is 42.0 Å². The van der Waals surface area contributed by atoms with E-state index >= 15 is 0 Å². The van der Waals surface area contributed by atoms with Crippen molar-refractivity contribution in [1.82, 2.24) is 9.97 Å². The van der Waals surface area contributed by atoms with Gasteiger partial charge >= 0.3 is 5.97 Å². The van der Waals surface area contributed by atoms with Crippen LogP contribution in [0.25, 0.3) is 11.3 Å². The minimum absolute atomic E-state index is 0.0965. The highest BCUT2D eigenvalue weighted by Gasteiger charge is 2.12. The number of nitrogens with zero attached hydrogens (tertiary/aromatic N) is 1. The molecule has 0 amide bonds. The van der Waals surface area contributed by atoms with Gasteiger partial charge in [-0.3, -0.25) is 4.79 Å². The molecule has 4 heteroatoms. The molecule has 0 aliphatic carbocycles. The molecule has 4 nitrogen and oxygen atoms in total. The molecule has 1 aromatic heterocycles. The lowest BCUT2D eigenvalue weighted by molar-refractivity contribution is -0.137. The van der Waals surface area contributed by atoms with Crippen molar-refractivity contribution in [3.63, 3.8) is 0 Å². The fourth-order valence-corrected chi connectivity index (χ4v) is 2.21. The number of carboxylic acid groups (broad SMARTS) is 1. The van der Waals surface area contributed by atoms with Crippen LogP contribution >= 0.6 is 0 Å². The van der Waals surface area contributed by atoms with Crippen LogP contribution in [0, 0.1) is 20.8 Å². The van der Waals surface area contributed by atoms with Gasteiger partial charge in [-0.25, -0.2) is 4.98 Å². The number of aromatic nitrogens is 2. The van der Waals surface area contributed by atoms with E-state index in [4.69, 9.17) is 5.11 Å². The molecule has 0 saturated heterocycles. The second kappa shape index (κ2) is 5.26. The predicted octanol–water partition coefficient (Wildman–Crippen LogP) is 3.02. The lowest BCUT2D eigenvalue weighted by Gasteiger charge is -2.04. The maximum Gasteiger partial charge on any atom is 0.303 e. The number of aryl methyl sites for hydroxylation is 4. The van der Waals surface area contributed by atoms with Crippen LogP contribution in [0.1, 0.15) is 29.1 Å². The average molecular weight is 258 g/mol. The van der Waals surface area contributed by atoms with Gasteiger partial charge in [-0.05, 0) is 26.3 Å². The third-order valence-corrected chi connectivity index (χ3v) is 3.15. The topological polar surface area (TPSA) is 66.0 Å². The highest BCUT2D eigenvalue weighted by atomic mass is 16.4. The number of aliphatic carboxylic acids is 1. The van der Waals surface area contributed by atoms with Gasteiger partial charge in [-0.15, -0.1) is 0 Å². The zero-order chi connectivity index (χ0) is 14.0. The van der Waals surface area contributed by atoms with Crippen molar-refractivity contribution in [3.05, 3.63) is 40.8 Å². The largest absolute Gasteiger partial charge is 0.481 e. The highest BCUT2D eigenvalue weighted by molar-refractivity contribution is 5.68. The molecule has 1 aromatic carbocycles. The van der Waals surface area contributed by atoms with Gasteiger partial charge < -0.3 is 10.1 Å². The fraction of sp³-hybridized carbons (Fsp3) is 0.333. The van der Waals surface area contributed by atoms with Crippen molar-refractivity contribution in [2.24, 2.45) is 0 Å². The maximum absolute atomic E-state index is 10.6. The van der Waals surface area contributed by atoms with Gasteiger partial charge in [0.05, 0.1) is 12.1 Å². The molecule has 0 radical (unpaired) electrons. The van der Waals surface area contributed by atoms with Crippen molar-refractivity contribution in [2.45, 2.75) is 33.6 Å². The Kier molecular flexibility index (Phi) is 3.69. The minimum Gasteiger partial charge on any atom is -0.481 e. The summed E-state index contributed by atoms with van der Waals surface area (Å²) >= 11 is 0. The van der Waals surface area contributed by atoms with E-state index in [1.54, 1.807) is 0 Å². The molecule has 0 unspecified atom stereocenters. The molecule has 0 fully saturated rings. The van der Waals surface area contributed by atoms with Crippen LogP contribution < -0.4 is 0 Å². The van der Waals surface area contributed by atoms with Crippen LogP contribution in [-0.2, 0) is 11.2 Å². The van der Waals surface area contributed by atoms with Gasteiger partial charge in [0, 0.05) is 17.7 Å². The van der Waals surface area contributed by atoms with Crippen molar-refractivity contribution < 1.29 is 9.90 Å². The van der Waals surface area contributed by atoms with E-state index in [1.165, 1.54) is 11.1 Å². The van der Waals surface area contributed by atoms with Crippen molar-refractivity contribution in [3.8, 4) is 11.3 Å². The summed E-state index contributed by atoms with van der Waals surface area (Å²) in [5, 5.41) is 8.70. The van der Waals surface area contributed by atoms with Crippen LogP contribution in [-0.4, -0.2) is 21.0 Å². The number of aromatic amines is 1. The fourth-order valence-electron chi connectivity index (χ4n) is 2.21. The van der Waals surface area contributed by atoms with Crippen molar-refractivity contribution in [2.75, 3.05) is 0 Å². The van der Waals surface area contributed by atoms with Crippen molar-refractivity contribution in [1.29, 1.82) is 0 Å². The number of rotatable bonds is 4. The Morgan fingerprint density at radius 2 is 2.05 bits per heavy atom. The lowest BCUT2D eigenvalue weighted by Crippen LogP contribution is -1.98. The van der Waals surface area contributed by atoms with E-state index in [0.717, 1.165) is 22.8 Å². The van der Waals surface area contributed by atoms with Crippen LogP contribution in [0.4, 0.5) is 0 Å². The van der Waals surface area contributed by atoms with E-state index in [-0.39, 0.29) is 6.42 Å². The Morgan fingerprint density at radius 3 is 2.68 bits per heavy atom. The molecule has 19 heavy (non-hydrogen) atoms. The summed E-state index contributed by atoms with van der Waals surface area (Å²) in [6.07, 6.45) is 0.528. The summed E-state index contributed by atoms with van der Waals surface area (Å²) in [6, 6.07) is 6.25. The number of hydrogen-bond donors (Lipinski definition) is 2. The molecular weight excluding hydrogens is 240 g/mol. The molecular formula is C15H18N2O2. The molecule has 0 bridgehead atoms. The zero-order valence-electron chi connectivity index (χ0n) is 11.4. The van der Waals surface area contributed by atoms with Gasteiger partial charge in [0.1, 0.15) is 5.82 Å². The minimum atomic E-state index is -0.804. The maximum atomic E-state index is 10.6. The number of imidazole rings is 1. The molecule has 100 valence electrons. The molecule has 0 aliphatic heterocycles. The van der Waals surface area contributed by atoms with Crippen LogP contribution in [0.5, 0.6) is 0 Å².